The van der Waals surface area contributed by atoms with Gasteiger partial charge >= 0.3 is 0 Å². The van der Waals surface area contributed by atoms with Crippen molar-refractivity contribution < 1.29 is 0 Å². The largest absolute Gasteiger partial charge is 0.310 e. The summed E-state index contributed by atoms with van der Waals surface area (Å²) in [6.07, 6.45) is 0. The molecule has 0 saturated heterocycles. The second-order valence-electron chi connectivity index (χ2n) is 13.7. The molecular formula is C50H32N2. The Labute approximate surface area is 301 Å². The number of benzene rings is 9. The lowest BCUT2D eigenvalue weighted by atomic mass is 9.95. The van der Waals surface area contributed by atoms with Gasteiger partial charge in [0.25, 0.3) is 0 Å². The summed E-state index contributed by atoms with van der Waals surface area (Å²) in [6.45, 7) is 0. The van der Waals surface area contributed by atoms with E-state index in [1.54, 1.807) is 0 Å². The zero-order valence-corrected chi connectivity index (χ0v) is 28.4. The molecule has 0 aliphatic heterocycles. The van der Waals surface area contributed by atoms with Crippen LogP contribution >= 0.6 is 0 Å². The van der Waals surface area contributed by atoms with Crippen LogP contribution in [0.2, 0.25) is 0 Å². The van der Waals surface area contributed by atoms with E-state index in [1.165, 1.54) is 81.9 Å². The summed E-state index contributed by atoms with van der Waals surface area (Å²) in [4.78, 5) is 2.46. The van der Waals surface area contributed by atoms with E-state index in [1.807, 2.05) is 0 Å². The van der Waals surface area contributed by atoms with Crippen molar-refractivity contribution in [2.75, 3.05) is 4.90 Å². The molecule has 11 aromatic rings. The number of anilines is 3. The van der Waals surface area contributed by atoms with Crippen molar-refractivity contribution in [2.45, 2.75) is 0 Å². The third-order valence-electron chi connectivity index (χ3n) is 10.8. The predicted octanol–water partition coefficient (Wildman–Crippen LogP) is 13.9. The third-order valence-corrected chi connectivity index (χ3v) is 10.8. The van der Waals surface area contributed by atoms with E-state index in [0.29, 0.717) is 0 Å². The van der Waals surface area contributed by atoms with Gasteiger partial charge in [0.2, 0.25) is 0 Å². The summed E-state index contributed by atoms with van der Waals surface area (Å²) in [5.41, 5.74) is 11.8. The molecule has 0 N–H and O–H groups in total. The zero-order chi connectivity index (χ0) is 34.2. The second kappa shape index (κ2) is 11.3. The maximum atomic E-state index is 2.53. The van der Waals surface area contributed by atoms with Gasteiger partial charge in [-0.1, -0.05) is 146 Å². The average molecular weight is 661 g/mol. The van der Waals surface area contributed by atoms with Crippen molar-refractivity contribution in [3.8, 4) is 22.3 Å². The molecule has 0 radical (unpaired) electrons. The first-order valence-electron chi connectivity index (χ1n) is 17.9. The minimum Gasteiger partial charge on any atom is -0.310 e. The van der Waals surface area contributed by atoms with Crippen LogP contribution in [-0.4, -0.2) is 4.40 Å². The highest BCUT2D eigenvalue weighted by Crippen LogP contribution is 2.48. The van der Waals surface area contributed by atoms with Gasteiger partial charge in [-0.3, -0.25) is 0 Å². The molecule has 0 aliphatic rings. The summed E-state index contributed by atoms with van der Waals surface area (Å²) in [5, 5.41) is 10.2. The number of hydrogen-bond acceptors (Lipinski definition) is 1. The van der Waals surface area contributed by atoms with Crippen molar-refractivity contribution in [1.29, 1.82) is 0 Å². The van der Waals surface area contributed by atoms with E-state index < -0.39 is 0 Å². The molecule has 9 aromatic carbocycles. The average Bonchev–Trinajstić information content (AvgIpc) is 3.50. The molecule has 0 fully saturated rings. The monoisotopic (exact) mass is 660 g/mol. The second-order valence-corrected chi connectivity index (χ2v) is 13.7. The lowest BCUT2D eigenvalue weighted by Crippen LogP contribution is -2.10. The molecule has 242 valence electrons. The van der Waals surface area contributed by atoms with E-state index >= 15 is 0 Å². The van der Waals surface area contributed by atoms with E-state index in [4.69, 9.17) is 0 Å². The Balaban J connectivity index is 1.30. The Kier molecular flexibility index (Phi) is 6.28. The summed E-state index contributed by atoms with van der Waals surface area (Å²) >= 11 is 0. The first kappa shape index (κ1) is 28.9. The highest BCUT2D eigenvalue weighted by Gasteiger charge is 2.24. The highest BCUT2D eigenvalue weighted by molar-refractivity contribution is 6.33. The number of para-hydroxylation sites is 2. The minimum atomic E-state index is 1.11. The van der Waals surface area contributed by atoms with Gasteiger partial charge in [0.15, 0.2) is 0 Å². The topological polar surface area (TPSA) is 7.65 Å². The molecule has 0 unspecified atom stereocenters. The standard InChI is InChI=1S/C50H32N2/c1-4-14-33(15-5-1)37-30-38(34-16-6-2-7-17-34)32-40(31-37)51(39-19-8-3-9-20-39)45-24-13-25-46-49(45)43-29-28-36-27-26-35-18-12-22-42-41-21-10-11-23-44(41)52(46)50(43)48(36)47(35)42/h1-32H. The minimum absolute atomic E-state index is 1.11. The van der Waals surface area contributed by atoms with Crippen molar-refractivity contribution in [1.82, 2.24) is 4.40 Å². The molecule has 0 spiro atoms. The van der Waals surface area contributed by atoms with Crippen LogP contribution in [0.5, 0.6) is 0 Å². The van der Waals surface area contributed by atoms with Crippen LogP contribution in [0, 0.1) is 0 Å². The normalized spacial score (nSPS) is 11.8. The first-order valence-corrected chi connectivity index (χ1v) is 17.9. The molecular weight excluding hydrogens is 629 g/mol. The fraction of sp³-hybridized carbons (Fsp3) is 0. The Morgan fingerprint density at radius 1 is 0.327 bits per heavy atom. The Morgan fingerprint density at radius 3 is 1.63 bits per heavy atom. The van der Waals surface area contributed by atoms with Gasteiger partial charge in [-0.05, 0) is 92.3 Å². The van der Waals surface area contributed by atoms with Crippen molar-refractivity contribution in [3.63, 3.8) is 0 Å². The van der Waals surface area contributed by atoms with Crippen molar-refractivity contribution in [3.05, 3.63) is 194 Å². The van der Waals surface area contributed by atoms with Crippen LogP contribution < -0.4 is 4.90 Å². The van der Waals surface area contributed by atoms with Gasteiger partial charge in [-0.2, -0.15) is 0 Å². The Morgan fingerprint density at radius 2 is 0.904 bits per heavy atom. The summed E-state index contributed by atoms with van der Waals surface area (Å²) < 4.78 is 2.53. The van der Waals surface area contributed by atoms with Gasteiger partial charge in [0.1, 0.15) is 0 Å². The Hall–Kier alpha value is -6.90. The number of aromatic nitrogens is 1. The number of nitrogens with zero attached hydrogens (tertiary/aromatic N) is 2. The zero-order valence-electron chi connectivity index (χ0n) is 28.4. The third kappa shape index (κ3) is 4.25. The van der Waals surface area contributed by atoms with Crippen LogP contribution in [0.1, 0.15) is 0 Å². The number of rotatable bonds is 5. The summed E-state index contributed by atoms with van der Waals surface area (Å²) in [5.74, 6) is 0. The maximum absolute atomic E-state index is 2.53. The van der Waals surface area contributed by atoms with Crippen molar-refractivity contribution >= 4 is 76.7 Å². The lowest BCUT2D eigenvalue weighted by molar-refractivity contribution is 1.29. The molecule has 0 saturated carbocycles. The van der Waals surface area contributed by atoms with E-state index in [2.05, 4.69) is 203 Å². The molecule has 2 nitrogen and oxygen atoms in total. The predicted molar refractivity (Wildman–Crippen MR) is 222 cm³/mol. The smallest absolute Gasteiger partial charge is 0.0627 e. The summed E-state index contributed by atoms with van der Waals surface area (Å²) in [6, 6.07) is 71.0. The number of fused-ring (bicyclic) bond motifs is 6. The van der Waals surface area contributed by atoms with Gasteiger partial charge < -0.3 is 9.30 Å². The lowest BCUT2D eigenvalue weighted by Gasteiger charge is -2.28. The number of hydrogen-bond donors (Lipinski definition) is 0. The van der Waals surface area contributed by atoms with Crippen molar-refractivity contribution in [2.24, 2.45) is 0 Å². The van der Waals surface area contributed by atoms with Crippen LogP contribution in [-0.2, 0) is 0 Å². The van der Waals surface area contributed by atoms with Gasteiger partial charge in [0, 0.05) is 32.9 Å². The quantitative estimate of drug-likeness (QED) is 0.167. The fourth-order valence-corrected chi connectivity index (χ4v) is 8.62. The van der Waals surface area contributed by atoms with E-state index in [-0.39, 0.29) is 0 Å². The highest BCUT2D eigenvalue weighted by atomic mass is 15.1. The Bertz CT molecular complexity index is 3050. The molecule has 0 aliphatic carbocycles. The van der Waals surface area contributed by atoms with E-state index in [9.17, 15) is 0 Å². The molecule has 11 rings (SSSR count). The van der Waals surface area contributed by atoms with Crippen LogP contribution in [0.25, 0.3) is 81.9 Å². The van der Waals surface area contributed by atoms with Gasteiger partial charge in [-0.15, -0.1) is 0 Å². The summed E-state index contributed by atoms with van der Waals surface area (Å²) in [7, 11) is 0. The molecule has 0 atom stereocenters. The molecule has 0 amide bonds. The van der Waals surface area contributed by atoms with Crippen LogP contribution in [0.3, 0.4) is 0 Å². The molecule has 2 heterocycles. The van der Waals surface area contributed by atoms with Crippen LogP contribution in [0.4, 0.5) is 17.1 Å². The fourth-order valence-electron chi connectivity index (χ4n) is 8.62. The molecule has 52 heavy (non-hydrogen) atoms. The SMILES string of the molecule is c1ccc(-c2cc(-c3ccccc3)cc(N(c3ccccc3)c3cccc4c3c3ccc5ccc6cccc7c8ccccc8n4c3c5c67)c2)cc1. The van der Waals surface area contributed by atoms with Crippen LogP contribution in [0.15, 0.2) is 194 Å². The van der Waals surface area contributed by atoms with Gasteiger partial charge in [-0.25, -0.2) is 0 Å². The maximum Gasteiger partial charge on any atom is 0.0627 e. The first-order chi connectivity index (χ1) is 25.8. The van der Waals surface area contributed by atoms with Gasteiger partial charge in [0.05, 0.1) is 22.2 Å². The van der Waals surface area contributed by atoms with E-state index in [0.717, 1.165) is 17.1 Å². The molecule has 0 bridgehead atoms. The molecule has 2 heteroatoms. The molecule has 2 aromatic heterocycles.